The molecule has 0 amide bonds. The van der Waals surface area contributed by atoms with Gasteiger partial charge in [0.2, 0.25) is 11.2 Å². The van der Waals surface area contributed by atoms with E-state index in [4.69, 9.17) is 14.9 Å². The maximum absolute atomic E-state index is 12.8. The third-order valence-electron chi connectivity index (χ3n) is 6.93. The molecule has 0 aliphatic carbocycles. The van der Waals surface area contributed by atoms with Crippen LogP contribution < -0.4 is 31.4 Å². The lowest BCUT2D eigenvalue weighted by molar-refractivity contribution is 0.301. The molecule has 0 aliphatic heterocycles. The first-order valence-corrected chi connectivity index (χ1v) is 14.8. The number of aryl methyl sites for hydroxylation is 1. The zero-order valence-electron chi connectivity index (χ0n) is 25.1. The Kier molecular flexibility index (Phi) is 12.1. The van der Waals surface area contributed by atoms with Gasteiger partial charge in [-0.1, -0.05) is 23.4 Å². The quantitative estimate of drug-likeness (QED) is 0.127. The highest BCUT2D eigenvalue weighted by molar-refractivity contribution is 5.82. The molecule has 43 heavy (non-hydrogen) atoms. The summed E-state index contributed by atoms with van der Waals surface area (Å²) in [7, 11) is 3.95. The second-order valence-electron chi connectivity index (χ2n) is 10.6. The molecule has 2 aromatic carbocycles. The fourth-order valence-electron chi connectivity index (χ4n) is 4.45. The Morgan fingerprint density at radius 1 is 1.00 bits per heavy atom. The Morgan fingerprint density at radius 2 is 1.72 bits per heavy atom. The van der Waals surface area contributed by atoms with Crippen LogP contribution in [0.2, 0.25) is 0 Å². The van der Waals surface area contributed by atoms with E-state index in [1.165, 1.54) is 0 Å². The van der Waals surface area contributed by atoms with Crippen LogP contribution in [0.25, 0.3) is 23.1 Å². The van der Waals surface area contributed by atoms with E-state index in [2.05, 4.69) is 20.9 Å². The Bertz CT molecular complexity index is 1510. The van der Waals surface area contributed by atoms with Crippen molar-refractivity contribution in [2.45, 2.75) is 38.8 Å². The molecule has 5 N–H and O–H groups in total. The fraction of sp³-hybridized carbons (Fsp3) is 0.406. The predicted molar refractivity (Wildman–Crippen MR) is 171 cm³/mol. The largest absolute Gasteiger partial charge is 0.502 e. The van der Waals surface area contributed by atoms with Crippen LogP contribution in [0.1, 0.15) is 42.7 Å². The number of rotatable bonds is 18. The van der Waals surface area contributed by atoms with Gasteiger partial charge in [0.05, 0.1) is 11.6 Å². The lowest BCUT2D eigenvalue weighted by Gasteiger charge is -2.11. The second kappa shape index (κ2) is 16.4. The molecule has 11 heteroatoms. The third-order valence-corrected chi connectivity index (χ3v) is 6.93. The van der Waals surface area contributed by atoms with Crippen LogP contribution in [0.15, 0.2) is 57.9 Å². The average Bonchev–Trinajstić information content (AvgIpc) is 3.47. The summed E-state index contributed by atoms with van der Waals surface area (Å²) in [5.74, 6) is 0.170. The minimum Gasteiger partial charge on any atom is -0.502 e. The Hall–Kier alpha value is -4.19. The highest BCUT2D eigenvalue weighted by Gasteiger charge is 2.13. The highest BCUT2D eigenvalue weighted by Crippen LogP contribution is 2.26. The number of ether oxygens (including phenoxy) is 1. The molecule has 230 valence electrons. The molecule has 0 fully saturated rings. The van der Waals surface area contributed by atoms with Crippen molar-refractivity contribution < 1.29 is 14.3 Å². The van der Waals surface area contributed by atoms with E-state index in [1.807, 2.05) is 54.1 Å². The van der Waals surface area contributed by atoms with Crippen LogP contribution in [0, 0.1) is 0 Å². The molecule has 0 bridgehead atoms. The molecule has 2 aromatic heterocycles. The van der Waals surface area contributed by atoms with Gasteiger partial charge in [0.15, 0.2) is 5.76 Å². The minimum atomic E-state index is -0.497. The maximum Gasteiger partial charge on any atom is 0.235 e. The van der Waals surface area contributed by atoms with Crippen molar-refractivity contribution in [2.24, 2.45) is 5.73 Å². The predicted octanol–water partition coefficient (Wildman–Crippen LogP) is 3.60. The molecule has 0 spiro atoms. The highest BCUT2D eigenvalue weighted by atomic mass is 16.5. The molecule has 4 rings (SSSR count). The van der Waals surface area contributed by atoms with E-state index in [1.54, 1.807) is 30.4 Å². The first-order chi connectivity index (χ1) is 20.9. The van der Waals surface area contributed by atoms with Gasteiger partial charge in [0, 0.05) is 32.4 Å². The number of fused-ring (bicyclic) bond motifs is 1. The molecule has 4 aromatic rings. The van der Waals surface area contributed by atoms with E-state index in [-0.39, 0.29) is 17.8 Å². The summed E-state index contributed by atoms with van der Waals surface area (Å²) in [4.78, 5) is 14.8. The van der Waals surface area contributed by atoms with Gasteiger partial charge in [0.1, 0.15) is 23.6 Å². The van der Waals surface area contributed by atoms with Crippen molar-refractivity contribution in [3.63, 3.8) is 0 Å². The van der Waals surface area contributed by atoms with Crippen molar-refractivity contribution in [1.29, 1.82) is 0 Å². The topological polar surface area (TPSA) is 144 Å². The number of aromatic hydroxyl groups is 1. The lowest BCUT2D eigenvalue weighted by Crippen LogP contribution is -2.22. The average molecular weight is 590 g/mol. The first-order valence-electron chi connectivity index (χ1n) is 14.8. The molecule has 11 nitrogen and oxygen atoms in total. The van der Waals surface area contributed by atoms with Crippen molar-refractivity contribution in [3.05, 3.63) is 75.9 Å². The summed E-state index contributed by atoms with van der Waals surface area (Å²) >= 11 is 0. The summed E-state index contributed by atoms with van der Waals surface area (Å²) < 4.78 is 13.6. The Balaban J connectivity index is 1.25. The minimum absolute atomic E-state index is 0.0825. The zero-order valence-corrected chi connectivity index (χ0v) is 25.1. The standard InChI is InChI=1S/C32H43N7O4/c1-38(2)26-10-7-24(8-11-26)9-14-29-32(41)31(40)28-13-12-27(21-30(28)43-29)42-23-25-22-39(37-36-25)20-6-19-35-17-4-3-16-34-18-5-15-33/h7-14,21-22,34-35,41H,3-6,15-20,23,33H2,1-2H3/b14-9+. The van der Waals surface area contributed by atoms with Crippen LogP contribution in [-0.2, 0) is 13.2 Å². The summed E-state index contributed by atoms with van der Waals surface area (Å²) in [6.45, 7) is 5.68. The number of nitrogens with two attached hydrogens (primary N) is 1. The fourth-order valence-corrected chi connectivity index (χ4v) is 4.45. The molecule has 0 atom stereocenters. The first kappa shape index (κ1) is 31.7. The van der Waals surface area contributed by atoms with Crippen molar-refractivity contribution in [3.8, 4) is 11.5 Å². The van der Waals surface area contributed by atoms with Gasteiger partial charge >= 0.3 is 0 Å². The maximum atomic E-state index is 12.8. The van der Waals surface area contributed by atoms with E-state index < -0.39 is 11.2 Å². The third kappa shape index (κ3) is 9.67. The molecular weight excluding hydrogens is 546 g/mol. The van der Waals surface area contributed by atoms with Crippen LogP contribution in [-0.4, -0.2) is 66.9 Å². The molecule has 0 radical (unpaired) electrons. The number of hydrogen-bond donors (Lipinski definition) is 4. The summed E-state index contributed by atoms with van der Waals surface area (Å²) in [6.07, 6.45) is 9.52. The number of aromatic nitrogens is 3. The van der Waals surface area contributed by atoms with E-state index in [9.17, 15) is 9.90 Å². The number of unbranched alkanes of at least 4 members (excludes halogenated alkanes) is 1. The van der Waals surface area contributed by atoms with Crippen LogP contribution in [0.3, 0.4) is 0 Å². The SMILES string of the molecule is CN(C)c1ccc(/C=C/c2oc3cc(OCc4cn(CCCNCCCCNCCCN)nn4)ccc3c(=O)c2O)cc1. The zero-order chi connectivity index (χ0) is 30.4. The summed E-state index contributed by atoms with van der Waals surface area (Å²) in [5, 5.41) is 26.0. The number of hydrogen-bond acceptors (Lipinski definition) is 10. The molecule has 2 heterocycles. The molecular formula is C32H43N7O4. The molecule has 0 aliphatic rings. The summed E-state index contributed by atoms with van der Waals surface area (Å²) in [6, 6.07) is 12.8. The van der Waals surface area contributed by atoms with Crippen molar-refractivity contribution >= 4 is 28.8 Å². The molecule has 0 unspecified atom stereocenters. The van der Waals surface area contributed by atoms with Gasteiger partial charge in [0.25, 0.3) is 0 Å². The van der Waals surface area contributed by atoms with Gasteiger partial charge in [-0.2, -0.15) is 0 Å². The van der Waals surface area contributed by atoms with Crippen LogP contribution in [0.4, 0.5) is 5.69 Å². The number of nitrogens with one attached hydrogen (secondary N) is 2. The van der Waals surface area contributed by atoms with E-state index in [0.717, 1.165) is 76.2 Å². The van der Waals surface area contributed by atoms with Crippen LogP contribution >= 0.6 is 0 Å². The molecule has 0 saturated carbocycles. The monoisotopic (exact) mass is 589 g/mol. The Morgan fingerprint density at radius 3 is 2.44 bits per heavy atom. The van der Waals surface area contributed by atoms with Gasteiger partial charge in [-0.15, -0.1) is 5.10 Å². The lowest BCUT2D eigenvalue weighted by atomic mass is 10.1. The van der Waals surface area contributed by atoms with E-state index in [0.29, 0.717) is 17.0 Å². The molecule has 0 saturated heterocycles. The normalized spacial score (nSPS) is 11.5. The van der Waals surface area contributed by atoms with E-state index >= 15 is 0 Å². The van der Waals surface area contributed by atoms with Gasteiger partial charge in [-0.25, -0.2) is 0 Å². The summed E-state index contributed by atoms with van der Waals surface area (Å²) in [5.41, 5.74) is 8.00. The van der Waals surface area contributed by atoms with Crippen molar-refractivity contribution in [1.82, 2.24) is 25.6 Å². The smallest absolute Gasteiger partial charge is 0.235 e. The number of benzene rings is 2. The van der Waals surface area contributed by atoms with Crippen molar-refractivity contribution in [2.75, 3.05) is 51.7 Å². The Labute approximate surface area is 252 Å². The number of nitrogens with zero attached hydrogens (tertiary/aromatic N) is 4. The van der Waals surface area contributed by atoms with Gasteiger partial charge < -0.3 is 35.5 Å². The van der Waals surface area contributed by atoms with Gasteiger partial charge in [-0.05, 0) is 94.3 Å². The van der Waals surface area contributed by atoms with Crippen LogP contribution in [0.5, 0.6) is 11.5 Å². The second-order valence-corrected chi connectivity index (χ2v) is 10.6. The number of anilines is 1. The van der Waals surface area contributed by atoms with Gasteiger partial charge in [-0.3, -0.25) is 9.48 Å².